The predicted molar refractivity (Wildman–Crippen MR) is 46.2 cm³/mol. The Hall–Kier alpha value is -1.02. The van der Waals surface area contributed by atoms with Gasteiger partial charge < -0.3 is 10.1 Å². The van der Waals surface area contributed by atoms with Gasteiger partial charge in [0, 0.05) is 18.7 Å². The molecule has 0 fully saturated rings. The highest BCUT2D eigenvalue weighted by molar-refractivity contribution is 5.28. The van der Waals surface area contributed by atoms with Crippen LogP contribution in [0.25, 0.3) is 0 Å². The lowest BCUT2D eigenvalue weighted by Gasteiger charge is -2.03. The molecule has 0 aromatic heterocycles. The maximum Gasteiger partial charge on any atom is 0.123 e. The standard InChI is InChI=1S/C9H13NO/c1-3-8-7-10-5-6-11-9(8)4-2/h3-4,10H,1-2,5-7H2. The van der Waals surface area contributed by atoms with E-state index >= 15 is 0 Å². The Bertz CT molecular complexity index is 174. The molecule has 1 aliphatic heterocycles. The van der Waals surface area contributed by atoms with Gasteiger partial charge in [-0.15, -0.1) is 0 Å². The summed E-state index contributed by atoms with van der Waals surface area (Å²) in [6.45, 7) is 9.78. The van der Waals surface area contributed by atoms with Gasteiger partial charge >= 0.3 is 0 Å². The summed E-state index contributed by atoms with van der Waals surface area (Å²) in [6.07, 6.45) is 3.53. The van der Waals surface area contributed by atoms with Crippen molar-refractivity contribution in [3.63, 3.8) is 0 Å². The Morgan fingerprint density at radius 1 is 1.36 bits per heavy atom. The summed E-state index contributed by atoms with van der Waals surface area (Å²) in [5.74, 6) is 0.852. The molecule has 1 rings (SSSR count). The molecule has 11 heavy (non-hydrogen) atoms. The van der Waals surface area contributed by atoms with Crippen molar-refractivity contribution >= 4 is 0 Å². The molecule has 0 amide bonds. The summed E-state index contributed by atoms with van der Waals surface area (Å²) >= 11 is 0. The van der Waals surface area contributed by atoms with E-state index in [-0.39, 0.29) is 0 Å². The minimum absolute atomic E-state index is 0.707. The molecule has 2 nitrogen and oxygen atoms in total. The first-order chi connectivity index (χ1) is 5.38. The largest absolute Gasteiger partial charge is 0.492 e. The molecule has 0 radical (unpaired) electrons. The van der Waals surface area contributed by atoms with Crippen LogP contribution in [0, 0.1) is 0 Å². The van der Waals surface area contributed by atoms with Crippen molar-refractivity contribution in [1.29, 1.82) is 0 Å². The van der Waals surface area contributed by atoms with Crippen molar-refractivity contribution in [2.75, 3.05) is 19.7 Å². The quantitative estimate of drug-likeness (QED) is 0.641. The molecule has 1 N–H and O–H groups in total. The number of hydrogen-bond donors (Lipinski definition) is 1. The van der Waals surface area contributed by atoms with E-state index in [0.717, 1.165) is 24.4 Å². The molecule has 0 atom stereocenters. The zero-order valence-corrected chi connectivity index (χ0v) is 6.60. The topological polar surface area (TPSA) is 21.3 Å². The van der Waals surface area contributed by atoms with Gasteiger partial charge in [0.1, 0.15) is 12.4 Å². The van der Waals surface area contributed by atoms with Crippen molar-refractivity contribution in [3.8, 4) is 0 Å². The minimum atomic E-state index is 0.707. The molecule has 0 bridgehead atoms. The molecule has 0 spiro atoms. The van der Waals surface area contributed by atoms with E-state index in [4.69, 9.17) is 4.74 Å². The van der Waals surface area contributed by atoms with Crippen LogP contribution in [0.2, 0.25) is 0 Å². The Morgan fingerprint density at radius 3 is 2.82 bits per heavy atom. The lowest BCUT2D eigenvalue weighted by atomic mass is 10.2. The summed E-state index contributed by atoms with van der Waals surface area (Å²) in [4.78, 5) is 0. The molecule has 0 unspecified atom stereocenters. The van der Waals surface area contributed by atoms with E-state index in [9.17, 15) is 0 Å². The Balaban J connectivity index is 2.79. The van der Waals surface area contributed by atoms with Crippen LogP contribution in [0.15, 0.2) is 36.6 Å². The molecule has 0 saturated heterocycles. The third kappa shape index (κ3) is 1.95. The summed E-state index contributed by atoms with van der Waals surface area (Å²) in [6, 6.07) is 0. The summed E-state index contributed by atoms with van der Waals surface area (Å²) in [5.41, 5.74) is 1.08. The highest BCUT2D eigenvalue weighted by atomic mass is 16.5. The second-order valence-corrected chi connectivity index (χ2v) is 2.32. The minimum Gasteiger partial charge on any atom is -0.492 e. The first-order valence-electron chi connectivity index (χ1n) is 3.70. The SMILES string of the molecule is C=CC1=C(C=C)OCCNC1. The fourth-order valence-corrected chi connectivity index (χ4v) is 0.999. The highest BCUT2D eigenvalue weighted by Crippen LogP contribution is 2.09. The lowest BCUT2D eigenvalue weighted by Crippen LogP contribution is -2.17. The smallest absolute Gasteiger partial charge is 0.123 e. The molecule has 2 heteroatoms. The van der Waals surface area contributed by atoms with Crippen molar-refractivity contribution in [3.05, 3.63) is 36.6 Å². The fraction of sp³-hybridized carbons (Fsp3) is 0.333. The first kappa shape index (κ1) is 8.08. The Morgan fingerprint density at radius 2 is 2.18 bits per heavy atom. The Kier molecular flexibility index (Phi) is 2.93. The van der Waals surface area contributed by atoms with E-state index in [1.807, 2.05) is 0 Å². The van der Waals surface area contributed by atoms with Gasteiger partial charge in [0.2, 0.25) is 0 Å². The molecule has 1 aliphatic rings. The summed E-state index contributed by atoms with van der Waals surface area (Å²) < 4.78 is 5.38. The Labute approximate surface area is 67.2 Å². The molecule has 0 aliphatic carbocycles. The maximum atomic E-state index is 5.38. The van der Waals surface area contributed by atoms with E-state index < -0.39 is 0 Å². The van der Waals surface area contributed by atoms with Crippen LogP contribution in [0.1, 0.15) is 0 Å². The van der Waals surface area contributed by atoms with E-state index in [0.29, 0.717) is 6.61 Å². The monoisotopic (exact) mass is 151 g/mol. The summed E-state index contributed by atoms with van der Waals surface area (Å²) in [7, 11) is 0. The van der Waals surface area contributed by atoms with Gasteiger partial charge in [-0.3, -0.25) is 0 Å². The van der Waals surface area contributed by atoms with Crippen LogP contribution >= 0.6 is 0 Å². The first-order valence-corrected chi connectivity index (χ1v) is 3.70. The van der Waals surface area contributed by atoms with Crippen molar-refractivity contribution < 1.29 is 4.74 Å². The zero-order valence-electron chi connectivity index (χ0n) is 6.60. The van der Waals surface area contributed by atoms with E-state index in [2.05, 4.69) is 18.5 Å². The lowest BCUT2D eigenvalue weighted by molar-refractivity contribution is 0.232. The average molecular weight is 151 g/mol. The predicted octanol–water partition coefficient (Wildman–Crippen LogP) is 1.23. The molecular formula is C9H13NO. The molecule has 0 saturated carbocycles. The van der Waals surface area contributed by atoms with E-state index in [1.54, 1.807) is 12.2 Å². The number of rotatable bonds is 2. The molecule has 1 heterocycles. The third-order valence-electron chi connectivity index (χ3n) is 1.60. The van der Waals surface area contributed by atoms with Crippen LogP contribution in [0.4, 0.5) is 0 Å². The van der Waals surface area contributed by atoms with Crippen molar-refractivity contribution in [2.24, 2.45) is 0 Å². The van der Waals surface area contributed by atoms with Crippen LogP contribution < -0.4 is 5.32 Å². The second kappa shape index (κ2) is 3.98. The van der Waals surface area contributed by atoms with Gasteiger partial charge in [-0.2, -0.15) is 0 Å². The molecule has 60 valence electrons. The molecular weight excluding hydrogens is 138 g/mol. The van der Waals surface area contributed by atoms with Crippen molar-refractivity contribution in [1.82, 2.24) is 5.32 Å². The number of hydrogen-bond acceptors (Lipinski definition) is 2. The van der Waals surface area contributed by atoms with Gasteiger partial charge in [-0.05, 0) is 6.08 Å². The van der Waals surface area contributed by atoms with Gasteiger partial charge in [0.25, 0.3) is 0 Å². The third-order valence-corrected chi connectivity index (χ3v) is 1.60. The van der Waals surface area contributed by atoms with Gasteiger partial charge in [0.15, 0.2) is 0 Å². The van der Waals surface area contributed by atoms with Crippen LogP contribution in [-0.4, -0.2) is 19.7 Å². The van der Waals surface area contributed by atoms with Crippen LogP contribution in [0.5, 0.6) is 0 Å². The van der Waals surface area contributed by atoms with Crippen LogP contribution in [-0.2, 0) is 4.74 Å². The van der Waals surface area contributed by atoms with Crippen molar-refractivity contribution in [2.45, 2.75) is 0 Å². The maximum absolute atomic E-state index is 5.38. The van der Waals surface area contributed by atoms with Gasteiger partial charge in [-0.25, -0.2) is 0 Å². The fourth-order valence-electron chi connectivity index (χ4n) is 0.999. The summed E-state index contributed by atoms with van der Waals surface area (Å²) in [5, 5.41) is 3.21. The molecule has 0 aromatic carbocycles. The average Bonchev–Trinajstić information content (AvgIpc) is 2.27. The molecule has 0 aromatic rings. The van der Waals surface area contributed by atoms with Crippen LogP contribution in [0.3, 0.4) is 0 Å². The normalized spacial score (nSPS) is 18.5. The van der Waals surface area contributed by atoms with E-state index in [1.165, 1.54) is 0 Å². The van der Waals surface area contributed by atoms with Gasteiger partial charge in [0.05, 0.1) is 0 Å². The zero-order chi connectivity index (χ0) is 8.10. The number of ether oxygens (including phenoxy) is 1. The highest BCUT2D eigenvalue weighted by Gasteiger charge is 2.05. The number of nitrogens with one attached hydrogen (secondary N) is 1. The second-order valence-electron chi connectivity index (χ2n) is 2.32. The number of allylic oxidation sites excluding steroid dienone is 1. The van der Waals surface area contributed by atoms with Gasteiger partial charge in [-0.1, -0.05) is 19.2 Å².